The van der Waals surface area contributed by atoms with E-state index in [0.29, 0.717) is 18.2 Å². The van der Waals surface area contributed by atoms with Crippen LogP contribution in [0.15, 0.2) is 28.9 Å². The minimum atomic E-state index is 0.261. The summed E-state index contributed by atoms with van der Waals surface area (Å²) in [6, 6.07) is 5.45. The highest BCUT2D eigenvalue weighted by molar-refractivity contribution is 7.80. The van der Waals surface area contributed by atoms with Crippen molar-refractivity contribution in [2.24, 2.45) is 5.73 Å². The molecule has 6 heteroatoms. The van der Waals surface area contributed by atoms with Gasteiger partial charge in [-0.3, -0.25) is 0 Å². The van der Waals surface area contributed by atoms with Gasteiger partial charge in [0.15, 0.2) is 0 Å². The number of hydrogen-bond acceptors (Lipinski definition) is 5. The third-order valence-electron chi connectivity index (χ3n) is 2.11. The lowest BCUT2D eigenvalue weighted by molar-refractivity contribution is 0.517. The van der Waals surface area contributed by atoms with Gasteiger partial charge in [0, 0.05) is 5.69 Å². The number of anilines is 1. The summed E-state index contributed by atoms with van der Waals surface area (Å²) in [7, 11) is 0. The second kappa shape index (κ2) is 4.92. The summed E-state index contributed by atoms with van der Waals surface area (Å²) in [5.74, 6) is 1.30. The van der Waals surface area contributed by atoms with Gasteiger partial charge in [0.2, 0.25) is 5.95 Å². The molecule has 0 amide bonds. The maximum Gasteiger partial charge on any atom is 0.223 e. The van der Waals surface area contributed by atoms with Gasteiger partial charge in [-0.2, -0.15) is 0 Å². The van der Waals surface area contributed by atoms with Crippen LogP contribution in [0, 0.1) is 6.92 Å². The molecule has 0 bridgehead atoms. The molecule has 2 aromatic heterocycles. The van der Waals surface area contributed by atoms with Crippen molar-refractivity contribution in [3.63, 3.8) is 0 Å². The second-order valence-electron chi connectivity index (χ2n) is 3.52. The van der Waals surface area contributed by atoms with Crippen LogP contribution in [0.4, 0.5) is 5.95 Å². The fourth-order valence-corrected chi connectivity index (χ4v) is 1.46. The zero-order chi connectivity index (χ0) is 12.3. The topological polar surface area (TPSA) is 77.0 Å². The largest absolute Gasteiger partial charge is 0.467 e. The van der Waals surface area contributed by atoms with Gasteiger partial charge in [-0.05, 0) is 25.1 Å². The molecule has 0 radical (unpaired) electrons. The van der Waals surface area contributed by atoms with Crippen LogP contribution in [0.2, 0.25) is 0 Å². The molecule has 2 heterocycles. The molecular weight excluding hydrogens is 236 g/mol. The predicted octanol–water partition coefficient (Wildman–Crippen LogP) is 1.62. The van der Waals surface area contributed by atoms with Crippen molar-refractivity contribution in [1.29, 1.82) is 0 Å². The van der Waals surface area contributed by atoms with E-state index in [1.165, 1.54) is 0 Å². The first-order chi connectivity index (χ1) is 8.15. The summed E-state index contributed by atoms with van der Waals surface area (Å²) < 4.78 is 5.19. The summed E-state index contributed by atoms with van der Waals surface area (Å²) >= 11 is 4.89. The van der Waals surface area contributed by atoms with E-state index in [-0.39, 0.29) is 4.99 Å². The maximum atomic E-state index is 5.54. The van der Waals surface area contributed by atoms with E-state index in [9.17, 15) is 0 Å². The Labute approximate surface area is 104 Å². The number of nitrogens with two attached hydrogens (primary N) is 1. The second-order valence-corrected chi connectivity index (χ2v) is 3.96. The first-order valence-corrected chi connectivity index (χ1v) is 5.48. The lowest BCUT2D eigenvalue weighted by Crippen LogP contribution is -2.14. The van der Waals surface area contributed by atoms with Crippen LogP contribution in [0.5, 0.6) is 0 Å². The Hall–Kier alpha value is -1.95. The van der Waals surface area contributed by atoms with Gasteiger partial charge in [0.1, 0.15) is 16.4 Å². The smallest absolute Gasteiger partial charge is 0.223 e. The molecule has 3 N–H and O–H groups in total. The highest BCUT2D eigenvalue weighted by Gasteiger charge is 2.04. The number of rotatable bonds is 4. The third kappa shape index (κ3) is 3.01. The van der Waals surface area contributed by atoms with Crippen molar-refractivity contribution >= 4 is 23.2 Å². The zero-order valence-electron chi connectivity index (χ0n) is 9.30. The molecule has 0 aliphatic rings. The van der Waals surface area contributed by atoms with E-state index in [4.69, 9.17) is 22.4 Å². The molecule has 0 unspecified atom stereocenters. The Morgan fingerprint density at radius 2 is 2.35 bits per heavy atom. The first-order valence-electron chi connectivity index (χ1n) is 5.07. The van der Waals surface area contributed by atoms with Crippen molar-refractivity contribution in [2.75, 3.05) is 5.32 Å². The molecule has 0 atom stereocenters. The van der Waals surface area contributed by atoms with Crippen molar-refractivity contribution < 1.29 is 4.42 Å². The van der Waals surface area contributed by atoms with Crippen LogP contribution in [0.25, 0.3) is 0 Å². The fraction of sp³-hybridized carbons (Fsp3) is 0.182. The minimum absolute atomic E-state index is 0.261. The molecule has 5 nitrogen and oxygen atoms in total. The molecule has 2 rings (SSSR count). The van der Waals surface area contributed by atoms with Crippen molar-refractivity contribution in [2.45, 2.75) is 13.5 Å². The molecule has 0 aliphatic heterocycles. The summed E-state index contributed by atoms with van der Waals surface area (Å²) in [5.41, 5.74) is 6.91. The highest BCUT2D eigenvalue weighted by Crippen LogP contribution is 2.07. The molecule has 17 heavy (non-hydrogen) atoms. The van der Waals surface area contributed by atoms with E-state index >= 15 is 0 Å². The fourth-order valence-electron chi connectivity index (χ4n) is 1.35. The number of aryl methyl sites for hydroxylation is 1. The first kappa shape index (κ1) is 11.5. The third-order valence-corrected chi connectivity index (χ3v) is 2.32. The Morgan fingerprint density at radius 3 is 3.00 bits per heavy atom. The number of furan rings is 1. The molecule has 0 aromatic carbocycles. The van der Waals surface area contributed by atoms with E-state index < -0.39 is 0 Å². The van der Waals surface area contributed by atoms with Gasteiger partial charge in [-0.25, -0.2) is 9.97 Å². The number of thiocarbonyl (C=S) groups is 1. The van der Waals surface area contributed by atoms with Crippen LogP contribution in [0.3, 0.4) is 0 Å². The van der Waals surface area contributed by atoms with Gasteiger partial charge >= 0.3 is 0 Å². The molecule has 0 spiro atoms. The van der Waals surface area contributed by atoms with E-state index in [0.717, 1.165) is 11.5 Å². The van der Waals surface area contributed by atoms with E-state index in [1.54, 1.807) is 12.3 Å². The number of nitrogens with one attached hydrogen (secondary N) is 1. The van der Waals surface area contributed by atoms with Crippen LogP contribution in [-0.2, 0) is 6.54 Å². The number of hydrogen-bond donors (Lipinski definition) is 2. The average Bonchev–Trinajstić information content (AvgIpc) is 2.78. The predicted molar refractivity (Wildman–Crippen MR) is 68.7 cm³/mol. The molecule has 0 saturated heterocycles. The van der Waals surface area contributed by atoms with Gasteiger partial charge in [-0.15, -0.1) is 0 Å². The minimum Gasteiger partial charge on any atom is -0.467 e. The average molecular weight is 248 g/mol. The summed E-state index contributed by atoms with van der Waals surface area (Å²) in [6.07, 6.45) is 1.62. The number of aromatic nitrogens is 2. The Balaban J connectivity index is 2.13. The van der Waals surface area contributed by atoms with Crippen molar-refractivity contribution in [3.8, 4) is 0 Å². The SMILES string of the molecule is Cc1cc(C(N)=S)nc(NCc2ccco2)n1. The molecule has 0 aliphatic carbocycles. The van der Waals surface area contributed by atoms with Crippen molar-refractivity contribution in [1.82, 2.24) is 9.97 Å². The Morgan fingerprint density at radius 1 is 1.53 bits per heavy atom. The van der Waals surface area contributed by atoms with E-state index in [1.807, 2.05) is 19.1 Å². The summed E-state index contributed by atoms with van der Waals surface area (Å²) in [5, 5.41) is 3.05. The molecule has 88 valence electrons. The Kier molecular flexibility index (Phi) is 3.34. The van der Waals surface area contributed by atoms with Gasteiger partial charge < -0.3 is 15.5 Å². The van der Waals surface area contributed by atoms with Crippen LogP contribution >= 0.6 is 12.2 Å². The Bertz CT molecular complexity index is 524. The van der Waals surface area contributed by atoms with Crippen LogP contribution in [-0.4, -0.2) is 15.0 Å². The van der Waals surface area contributed by atoms with Gasteiger partial charge in [0.25, 0.3) is 0 Å². The summed E-state index contributed by atoms with van der Waals surface area (Å²) in [6.45, 7) is 2.38. The monoisotopic (exact) mass is 248 g/mol. The normalized spacial score (nSPS) is 10.2. The molecule has 2 aromatic rings. The van der Waals surface area contributed by atoms with E-state index in [2.05, 4.69) is 15.3 Å². The molecular formula is C11H12N4OS. The zero-order valence-corrected chi connectivity index (χ0v) is 10.1. The van der Waals surface area contributed by atoms with Gasteiger partial charge in [-0.1, -0.05) is 12.2 Å². The summed E-state index contributed by atoms with van der Waals surface area (Å²) in [4.78, 5) is 8.70. The van der Waals surface area contributed by atoms with Crippen molar-refractivity contribution in [3.05, 3.63) is 41.6 Å². The van der Waals surface area contributed by atoms with Crippen LogP contribution < -0.4 is 11.1 Å². The highest BCUT2D eigenvalue weighted by atomic mass is 32.1. The van der Waals surface area contributed by atoms with Crippen LogP contribution in [0.1, 0.15) is 17.1 Å². The lowest BCUT2D eigenvalue weighted by Gasteiger charge is -2.06. The number of nitrogens with zero attached hydrogens (tertiary/aromatic N) is 2. The quantitative estimate of drug-likeness (QED) is 0.801. The standard InChI is InChI=1S/C11H12N4OS/c1-7-5-9(10(12)17)15-11(14-7)13-6-8-3-2-4-16-8/h2-5H,6H2,1H3,(H2,12,17)(H,13,14,15). The maximum absolute atomic E-state index is 5.54. The molecule has 0 saturated carbocycles. The van der Waals surface area contributed by atoms with Gasteiger partial charge in [0.05, 0.1) is 12.8 Å². The lowest BCUT2D eigenvalue weighted by atomic mass is 10.3. The molecule has 0 fully saturated rings.